The molecule has 4 aliphatic heterocycles. The first kappa shape index (κ1) is 102. The summed E-state index contributed by atoms with van der Waals surface area (Å²) in [4.78, 5) is 57.5. The second kappa shape index (κ2) is 49.6. The van der Waals surface area contributed by atoms with Gasteiger partial charge in [-0.2, -0.15) is 0 Å². The van der Waals surface area contributed by atoms with Crippen molar-refractivity contribution in [3.8, 4) is 11.5 Å². The molecule has 16 unspecified atom stereocenters. The smallest absolute Gasteiger partial charge is 0.338 e. The fourth-order valence-corrected chi connectivity index (χ4v) is 20.5. The summed E-state index contributed by atoms with van der Waals surface area (Å²) in [5.41, 5.74) is 27.5. The zero-order valence-electron chi connectivity index (χ0n) is 83.5. The number of hydrogen-bond donors (Lipinski definition) is 0. The van der Waals surface area contributed by atoms with Crippen LogP contribution in [-0.4, -0.2) is 48.1 Å². The van der Waals surface area contributed by atoms with Crippen LogP contribution >= 0.6 is 0 Å². The third-order valence-electron chi connectivity index (χ3n) is 28.9. The van der Waals surface area contributed by atoms with Crippen LogP contribution in [0.4, 0.5) is 0 Å². The van der Waals surface area contributed by atoms with Crippen molar-refractivity contribution in [1.29, 1.82) is 0 Å². The Morgan fingerprint density at radius 1 is 0.326 bits per heavy atom. The van der Waals surface area contributed by atoms with Crippen LogP contribution in [0.1, 0.15) is 333 Å². The Labute approximate surface area is 780 Å². The molecule has 0 spiro atoms. The number of cyclic esters (lactones) is 1. The van der Waals surface area contributed by atoms with Crippen molar-refractivity contribution in [3.63, 3.8) is 0 Å². The third kappa shape index (κ3) is 32.3. The van der Waals surface area contributed by atoms with Crippen LogP contribution < -0.4 is 9.47 Å². The molecule has 0 bridgehead atoms. The van der Waals surface area contributed by atoms with E-state index in [1.54, 1.807) is 16.7 Å². The molecule has 7 aromatic carbocycles. The van der Waals surface area contributed by atoms with Gasteiger partial charge in [-0.05, 0) is 362 Å². The van der Waals surface area contributed by atoms with Gasteiger partial charge in [-0.15, -0.1) is 0 Å². The number of aryl methyl sites for hydroxylation is 8. The first-order valence-corrected chi connectivity index (χ1v) is 50.0. The maximum Gasteiger partial charge on any atom is 0.338 e. The van der Waals surface area contributed by atoms with E-state index >= 15 is 0 Å². The predicted molar refractivity (Wildman–Crippen MR) is 536 cm³/mol. The summed E-state index contributed by atoms with van der Waals surface area (Å²) in [5.74, 6) is 12.9. The van der Waals surface area contributed by atoms with Crippen LogP contribution in [0.2, 0.25) is 0 Å². The summed E-state index contributed by atoms with van der Waals surface area (Å²) in [5, 5.41) is 0. The molecule has 0 N–H and O–H groups in total. The van der Waals surface area contributed by atoms with Crippen molar-refractivity contribution in [2.24, 2.45) is 82.9 Å². The maximum absolute atomic E-state index is 11.7. The van der Waals surface area contributed by atoms with E-state index in [4.69, 9.17) is 18.9 Å². The molecule has 9 heteroatoms. The Morgan fingerprint density at radius 3 is 1.45 bits per heavy atom. The zero-order chi connectivity index (χ0) is 93.3. The average Bonchev–Trinajstić information content (AvgIpc) is 0.842. The van der Waals surface area contributed by atoms with Gasteiger partial charge in [0.2, 0.25) is 0 Å². The van der Waals surface area contributed by atoms with Crippen molar-refractivity contribution < 1.29 is 42.9 Å². The fourth-order valence-electron chi connectivity index (χ4n) is 20.5. The largest absolute Gasteiger partial charge is 0.493 e. The highest BCUT2D eigenvalue weighted by Crippen LogP contribution is 2.44. The second-order valence-electron chi connectivity index (χ2n) is 42.4. The Kier molecular flexibility index (Phi) is 39.4. The lowest BCUT2D eigenvalue weighted by Crippen LogP contribution is -2.26. The molecule has 13 aliphatic rings. The Hall–Kier alpha value is -8.79. The topological polar surface area (TPSA) is 122 Å². The van der Waals surface area contributed by atoms with E-state index in [2.05, 4.69) is 207 Å². The van der Waals surface area contributed by atoms with Gasteiger partial charge in [-0.25, -0.2) is 4.79 Å². The number of ether oxygens (including phenoxy) is 4. The molecule has 0 aromatic heterocycles. The average molecular weight is 1750 g/mol. The SMILES string of the molecule is CC1=CCC(C)CC1.CC1=CCC(C)CC1.CC1=CCC2CC(C)CCC2C1.CC1C=CC2CC(C)CCC2C1.Cc1ccc2c(c1)C(=O)CC(C)C2.Cc1ccc2c(c1)C(=O)OC(C)C2.Cc1ccc2c(c1)CC(=O)C(C)C2.Cc1ccc2c(c1)CCC(C)C2=O.Cc1ccc2c(c1)COC(C)C2.Cc1ccc2c(c1)OC(=O)C(C)C2.Cc1ccc2c(c1)OCC(C)C2. The van der Waals surface area contributed by atoms with Gasteiger partial charge in [0.25, 0.3) is 0 Å². The van der Waals surface area contributed by atoms with Crippen molar-refractivity contribution >= 4 is 29.3 Å². The summed E-state index contributed by atoms with van der Waals surface area (Å²) in [6.07, 6.45) is 43.0. The number of ketones is 3. The van der Waals surface area contributed by atoms with E-state index in [0.717, 1.165) is 175 Å². The van der Waals surface area contributed by atoms with Crippen LogP contribution in [0.15, 0.2) is 174 Å². The van der Waals surface area contributed by atoms with E-state index in [0.29, 0.717) is 41.7 Å². The Bertz CT molecular complexity index is 4800. The van der Waals surface area contributed by atoms with Crippen molar-refractivity contribution in [2.45, 2.75) is 332 Å². The second-order valence-corrected chi connectivity index (χ2v) is 42.4. The zero-order valence-corrected chi connectivity index (χ0v) is 83.5. The lowest BCUT2D eigenvalue weighted by atomic mass is 9.68. The molecule has 16 atom stereocenters. The van der Waals surface area contributed by atoms with Crippen LogP contribution in [0, 0.1) is 131 Å². The van der Waals surface area contributed by atoms with Gasteiger partial charge in [-0.3, -0.25) is 19.2 Å². The number of rotatable bonds is 0. The number of Topliss-reactive ketones (excluding diaryl/α,β-unsaturated/α-hetero) is 3. The summed E-state index contributed by atoms with van der Waals surface area (Å²) in [6, 6.07) is 43.8. The van der Waals surface area contributed by atoms with Crippen LogP contribution in [0.3, 0.4) is 0 Å². The van der Waals surface area contributed by atoms with Gasteiger partial charge in [-0.1, -0.05) is 260 Å². The number of fused-ring (bicyclic) bond motifs is 9. The highest BCUT2D eigenvalue weighted by molar-refractivity contribution is 6.00. The first-order chi connectivity index (χ1) is 61.4. The Morgan fingerprint density at radius 2 is 0.829 bits per heavy atom. The van der Waals surface area contributed by atoms with Gasteiger partial charge in [0.05, 0.1) is 30.8 Å². The van der Waals surface area contributed by atoms with Gasteiger partial charge in [0.1, 0.15) is 23.4 Å². The molecular weight excluding hydrogens is 1590 g/mol. The lowest BCUT2D eigenvalue weighted by molar-refractivity contribution is -0.139. The lowest BCUT2D eigenvalue weighted by Gasteiger charge is -2.37. The molecule has 9 aliphatic carbocycles. The van der Waals surface area contributed by atoms with Crippen molar-refractivity contribution in [2.75, 3.05) is 6.61 Å². The molecule has 4 heterocycles. The predicted octanol–water partition coefficient (Wildman–Crippen LogP) is 29.9. The molecule has 129 heavy (non-hydrogen) atoms. The van der Waals surface area contributed by atoms with Gasteiger partial charge >= 0.3 is 11.9 Å². The van der Waals surface area contributed by atoms with Crippen molar-refractivity contribution in [3.05, 3.63) is 280 Å². The third-order valence-corrected chi connectivity index (χ3v) is 28.9. The molecule has 0 amide bonds. The highest BCUT2D eigenvalue weighted by atomic mass is 16.5. The highest BCUT2D eigenvalue weighted by Gasteiger charge is 2.33. The number of esters is 2. The number of benzene rings is 7. The van der Waals surface area contributed by atoms with E-state index in [9.17, 15) is 24.0 Å². The molecule has 9 nitrogen and oxygen atoms in total. The number of allylic oxidation sites excluding steroid dienone is 8. The summed E-state index contributed by atoms with van der Waals surface area (Å²) < 4.78 is 21.5. The van der Waals surface area contributed by atoms with E-state index in [1.807, 2.05) is 103 Å². The van der Waals surface area contributed by atoms with E-state index in [1.165, 1.54) is 163 Å². The summed E-state index contributed by atoms with van der Waals surface area (Å²) in [7, 11) is 0. The first-order valence-electron chi connectivity index (χ1n) is 50.0. The Balaban J connectivity index is 0.000000148. The molecule has 0 radical (unpaired) electrons. The fraction of sp³-hybridized carbons (Fsp3) is 0.542. The number of carbonyl (C=O) groups is 5. The van der Waals surface area contributed by atoms with Crippen LogP contribution in [-0.2, 0) is 77.0 Å². The van der Waals surface area contributed by atoms with Gasteiger partial charge in [0.15, 0.2) is 11.6 Å². The minimum absolute atomic E-state index is 0.00444. The molecule has 2 fully saturated rings. The van der Waals surface area contributed by atoms with Crippen molar-refractivity contribution in [1.82, 2.24) is 0 Å². The van der Waals surface area contributed by atoms with Crippen LogP contribution in [0.5, 0.6) is 11.5 Å². The number of hydrogen-bond acceptors (Lipinski definition) is 9. The quantitative estimate of drug-likeness (QED) is 0.0830. The van der Waals surface area contributed by atoms with Gasteiger partial charge in [0, 0.05) is 42.2 Å². The molecular formula is C120H162O9. The minimum Gasteiger partial charge on any atom is -0.493 e. The molecule has 0 saturated heterocycles. The van der Waals surface area contributed by atoms with E-state index < -0.39 is 0 Å². The molecule has 696 valence electrons. The molecule has 7 aromatic rings. The maximum atomic E-state index is 11.7. The summed E-state index contributed by atoms with van der Waals surface area (Å²) >= 11 is 0. The normalized spacial score (nSPS) is 26.7. The van der Waals surface area contributed by atoms with Crippen LogP contribution in [0.25, 0.3) is 0 Å². The standard InChI is InChI=1S/3C12H14O.2C12H20.2C11H12O2.2C11H14O.2C8H14/c1-8-3-6-11-10(7-8)5-4-9(2)12(11)13;1-8-3-4-10-5-9(2)7-12(13)11(10)6-8;1-8-3-4-10-6-9(2)12(13)7-11(10)5-8;2*1-9-3-5-12-8-10(2)4-6-11(12)7-9;1-7-3-4-9-6-8(2)13-11(12)10(9)5-7;1-7-3-4-9-6-8(2)11(12)13-10(9)5-7;1-8-3-4-10-5-9(2)7-12-11(10)6-8;1-8-3-4-10-6-9(2)12-7-11(10)5-8;2*1-7-3-5-8(2)6-4-7/h3,6-7,9H,4-5H2,1-2H3;3-4,6,9H,5,7H2,1-2H3;3-5,9H,6-7H2,1-2H3;3,10-12H,4-8H2,1-2H3;3,5,9-12H,4,6-8H2,1-2H3;2*3-5,8H,6H2,1-2H3;3-4,6,9H,5,7H2,1-2H3;3-5,9H,6-7H2,1-2H3;2*3,8H,4-6H2,1-2H3. The molecule has 2 saturated carbocycles. The summed E-state index contributed by atoms with van der Waals surface area (Å²) in [6.45, 7) is 48.9. The van der Waals surface area contributed by atoms with Gasteiger partial charge < -0.3 is 18.9 Å². The monoisotopic (exact) mass is 1750 g/mol. The van der Waals surface area contributed by atoms with E-state index in [-0.39, 0.29) is 35.8 Å². The minimum atomic E-state index is -0.183. The number of carbonyl (C=O) groups excluding carboxylic acids is 5. The molecule has 20 rings (SSSR count).